The van der Waals surface area contributed by atoms with Crippen LogP contribution in [-0.4, -0.2) is 20.1 Å². The highest BCUT2D eigenvalue weighted by atomic mass is 35.5. The van der Waals surface area contributed by atoms with Crippen LogP contribution in [0.5, 0.6) is 0 Å². The number of hydrogen-bond acceptors (Lipinski definition) is 2. The third-order valence-electron chi connectivity index (χ3n) is 3.87. The van der Waals surface area contributed by atoms with E-state index >= 15 is 0 Å². The summed E-state index contributed by atoms with van der Waals surface area (Å²) in [5.41, 5.74) is 3.00. The second-order valence-corrected chi connectivity index (χ2v) is 6.34. The van der Waals surface area contributed by atoms with Gasteiger partial charge < -0.3 is 10.2 Å². The average Bonchev–Trinajstić information content (AvgIpc) is 2.31. The van der Waals surface area contributed by atoms with Gasteiger partial charge in [-0.05, 0) is 36.9 Å². The zero-order valence-electron chi connectivity index (χ0n) is 11.6. The Kier molecular flexibility index (Phi) is 4.18. The van der Waals surface area contributed by atoms with E-state index in [2.05, 4.69) is 30.1 Å². The number of piperidine rings is 1. The van der Waals surface area contributed by atoms with E-state index in [1.165, 1.54) is 24.1 Å². The zero-order chi connectivity index (χ0) is 13.2. The molecule has 0 spiro atoms. The monoisotopic (exact) mass is 266 g/mol. The second kappa shape index (κ2) is 5.50. The maximum absolute atomic E-state index is 6.40. The molecule has 1 aliphatic rings. The molecule has 3 heteroatoms. The van der Waals surface area contributed by atoms with E-state index in [0.29, 0.717) is 5.41 Å². The summed E-state index contributed by atoms with van der Waals surface area (Å²) in [5, 5.41) is 4.10. The van der Waals surface area contributed by atoms with Crippen LogP contribution in [0.3, 0.4) is 0 Å². The number of benzene rings is 1. The smallest absolute Gasteiger partial charge is 0.0642 e. The minimum Gasteiger partial charge on any atom is -0.370 e. The van der Waals surface area contributed by atoms with Gasteiger partial charge in [-0.1, -0.05) is 37.6 Å². The molecule has 1 aliphatic heterocycles. The van der Waals surface area contributed by atoms with E-state index in [0.717, 1.165) is 24.7 Å². The fourth-order valence-electron chi connectivity index (χ4n) is 2.58. The Hall–Kier alpha value is -0.730. The quantitative estimate of drug-likeness (QED) is 0.898. The second-order valence-electron chi connectivity index (χ2n) is 5.93. The zero-order valence-corrected chi connectivity index (χ0v) is 12.3. The number of nitrogens with zero attached hydrogens (tertiary/aromatic N) is 1. The Balaban J connectivity index is 2.22. The van der Waals surface area contributed by atoms with Gasteiger partial charge in [-0.25, -0.2) is 0 Å². The van der Waals surface area contributed by atoms with Gasteiger partial charge in [-0.2, -0.15) is 0 Å². The molecule has 1 saturated heterocycles. The molecule has 0 bridgehead atoms. The van der Waals surface area contributed by atoms with E-state index in [4.69, 9.17) is 11.6 Å². The molecule has 1 N–H and O–H groups in total. The van der Waals surface area contributed by atoms with Gasteiger partial charge in [0.05, 0.1) is 10.7 Å². The molecule has 100 valence electrons. The van der Waals surface area contributed by atoms with Crippen molar-refractivity contribution in [2.24, 2.45) is 5.41 Å². The molecule has 2 rings (SSSR count). The van der Waals surface area contributed by atoms with E-state index in [9.17, 15) is 0 Å². The van der Waals surface area contributed by atoms with Crippen molar-refractivity contribution in [2.75, 3.05) is 25.0 Å². The van der Waals surface area contributed by atoms with Crippen molar-refractivity contribution in [3.8, 4) is 0 Å². The molecule has 2 nitrogen and oxygen atoms in total. The molecule has 1 heterocycles. The summed E-state index contributed by atoms with van der Waals surface area (Å²) >= 11 is 6.40. The Morgan fingerprint density at radius 2 is 1.94 bits per heavy atom. The minimum atomic E-state index is 0.473. The van der Waals surface area contributed by atoms with E-state index in [1.807, 2.05) is 19.2 Å². The molecule has 0 unspecified atom stereocenters. The van der Waals surface area contributed by atoms with Gasteiger partial charge in [0, 0.05) is 19.6 Å². The lowest BCUT2D eigenvalue weighted by Gasteiger charge is -2.39. The summed E-state index contributed by atoms with van der Waals surface area (Å²) in [5.74, 6) is 0. The highest BCUT2D eigenvalue weighted by Gasteiger charge is 2.27. The molecule has 0 aromatic heterocycles. The van der Waals surface area contributed by atoms with Crippen LogP contribution in [-0.2, 0) is 6.54 Å². The lowest BCUT2D eigenvalue weighted by atomic mass is 9.82. The molecule has 18 heavy (non-hydrogen) atoms. The van der Waals surface area contributed by atoms with Crippen molar-refractivity contribution in [1.82, 2.24) is 5.32 Å². The molecule has 0 aliphatic carbocycles. The normalized spacial score (nSPS) is 19.0. The van der Waals surface area contributed by atoms with E-state index in [1.54, 1.807) is 0 Å². The predicted molar refractivity (Wildman–Crippen MR) is 79.4 cm³/mol. The fourth-order valence-corrected chi connectivity index (χ4v) is 2.90. The fraction of sp³-hybridized carbons (Fsp3) is 0.600. The van der Waals surface area contributed by atoms with Crippen LogP contribution in [0.25, 0.3) is 0 Å². The number of para-hydroxylation sites is 1. The van der Waals surface area contributed by atoms with Gasteiger partial charge in [0.1, 0.15) is 0 Å². The van der Waals surface area contributed by atoms with Crippen LogP contribution in [0.15, 0.2) is 18.2 Å². The van der Waals surface area contributed by atoms with Crippen LogP contribution in [0.1, 0.15) is 32.3 Å². The number of rotatable bonds is 3. The van der Waals surface area contributed by atoms with Crippen molar-refractivity contribution in [3.05, 3.63) is 28.8 Å². The molecule has 0 amide bonds. The third kappa shape index (κ3) is 2.99. The van der Waals surface area contributed by atoms with Crippen LogP contribution < -0.4 is 10.2 Å². The van der Waals surface area contributed by atoms with Crippen molar-refractivity contribution in [3.63, 3.8) is 0 Å². The molecule has 1 aromatic carbocycles. The Bertz CT molecular complexity index is 405. The average molecular weight is 267 g/mol. The number of anilines is 1. The SMILES string of the molecule is CNCc1cccc(Cl)c1N1CCC(C)(C)CC1. The summed E-state index contributed by atoms with van der Waals surface area (Å²) in [6, 6.07) is 6.19. The number of hydrogen-bond donors (Lipinski definition) is 1. The van der Waals surface area contributed by atoms with Gasteiger partial charge in [-0.15, -0.1) is 0 Å². The molecule has 1 aromatic rings. The maximum atomic E-state index is 6.40. The summed E-state index contributed by atoms with van der Waals surface area (Å²) in [7, 11) is 1.98. The molecule has 1 fully saturated rings. The topological polar surface area (TPSA) is 15.3 Å². The summed E-state index contributed by atoms with van der Waals surface area (Å²) in [4.78, 5) is 2.44. The first-order valence-electron chi connectivity index (χ1n) is 6.70. The molecular formula is C15H23ClN2. The van der Waals surface area contributed by atoms with E-state index in [-0.39, 0.29) is 0 Å². The van der Waals surface area contributed by atoms with Crippen LogP contribution in [0.4, 0.5) is 5.69 Å². The Morgan fingerprint density at radius 1 is 1.28 bits per heavy atom. The molecule has 0 atom stereocenters. The van der Waals surface area contributed by atoms with Crippen molar-refractivity contribution >= 4 is 17.3 Å². The van der Waals surface area contributed by atoms with Crippen molar-refractivity contribution < 1.29 is 0 Å². The number of halogens is 1. The molecular weight excluding hydrogens is 244 g/mol. The summed E-state index contributed by atoms with van der Waals surface area (Å²) < 4.78 is 0. The van der Waals surface area contributed by atoms with Gasteiger partial charge >= 0.3 is 0 Å². The number of nitrogens with one attached hydrogen (secondary N) is 1. The lowest BCUT2D eigenvalue weighted by Crippen LogP contribution is -2.38. The molecule has 0 radical (unpaired) electrons. The molecule has 0 saturated carbocycles. The third-order valence-corrected chi connectivity index (χ3v) is 4.18. The van der Waals surface area contributed by atoms with Gasteiger partial charge in [-0.3, -0.25) is 0 Å². The van der Waals surface area contributed by atoms with Crippen LogP contribution in [0, 0.1) is 5.41 Å². The highest BCUT2D eigenvalue weighted by molar-refractivity contribution is 6.33. The first-order valence-corrected chi connectivity index (χ1v) is 7.08. The van der Waals surface area contributed by atoms with Gasteiger partial charge in [0.2, 0.25) is 0 Å². The van der Waals surface area contributed by atoms with Crippen LogP contribution in [0.2, 0.25) is 5.02 Å². The summed E-state index contributed by atoms with van der Waals surface area (Å²) in [6.07, 6.45) is 2.47. The van der Waals surface area contributed by atoms with E-state index < -0.39 is 0 Å². The Labute approximate surface area is 115 Å². The van der Waals surface area contributed by atoms with Crippen LogP contribution >= 0.6 is 11.6 Å². The van der Waals surface area contributed by atoms with Crippen molar-refractivity contribution in [2.45, 2.75) is 33.2 Å². The maximum Gasteiger partial charge on any atom is 0.0642 e. The highest BCUT2D eigenvalue weighted by Crippen LogP contribution is 2.36. The van der Waals surface area contributed by atoms with Gasteiger partial charge in [0.25, 0.3) is 0 Å². The first-order chi connectivity index (χ1) is 8.53. The lowest BCUT2D eigenvalue weighted by molar-refractivity contribution is 0.279. The standard InChI is InChI=1S/C15H23ClN2/c1-15(2)7-9-18(10-8-15)14-12(11-17-3)5-4-6-13(14)16/h4-6,17H,7-11H2,1-3H3. The summed E-state index contributed by atoms with van der Waals surface area (Å²) in [6.45, 7) is 7.79. The first kappa shape index (κ1) is 13.7. The largest absolute Gasteiger partial charge is 0.370 e. The Morgan fingerprint density at radius 3 is 2.56 bits per heavy atom. The van der Waals surface area contributed by atoms with Gasteiger partial charge in [0.15, 0.2) is 0 Å². The predicted octanol–water partition coefficient (Wildman–Crippen LogP) is 3.69. The van der Waals surface area contributed by atoms with Crippen molar-refractivity contribution in [1.29, 1.82) is 0 Å². The minimum absolute atomic E-state index is 0.473.